The van der Waals surface area contributed by atoms with Crippen molar-refractivity contribution < 1.29 is 28.7 Å². The maximum absolute atomic E-state index is 12.6. The highest BCUT2D eigenvalue weighted by molar-refractivity contribution is 8.18. The van der Waals surface area contributed by atoms with Gasteiger partial charge in [0.15, 0.2) is 0 Å². The van der Waals surface area contributed by atoms with Crippen LogP contribution in [0.1, 0.15) is 12.5 Å². The molecule has 0 spiro atoms. The molecule has 1 saturated heterocycles. The number of hydrogen-bond acceptors (Lipinski definition) is 7. The molecule has 0 saturated carbocycles. The van der Waals surface area contributed by atoms with E-state index >= 15 is 0 Å². The predicted molar refractivity (Wildman–Crippen MR) is 117 cm³/mol. The predicted octanol–water partition coefficient (Wildman–Crippen LogP) is 3.95. The van der Waals surface area contributed by atoms with Crippen molar-refractivity contribution in [3.05, 3.63) is 58.0 Å². The summed E-state index contributed by atoms with van der Waals surface area (Å²) >= 11 is 6.77. The van der Waals surface area contributed by atoms with E-state index in [1.807, 2.05) is 0 Å². The van der Waals surface area contributed by atoms with Crippen molar-refractivity contribution in [2.24, 2.45) is 0 Å². The fraction of sp³-hybridized carbons (Fsp3) is 0.143. The molecule has 0 bridgehead atoms. The second kappa shape index (κ2) is 9.67. The molecule has 0 radical (unpaired) electrons. The Balaban J connectivity index is 1.65. The average molecular weight is 461 g/mol. The fourth-order valence-corrected chi connectivity index (χ4v) is 3.77. The first-order valence-corrected chi connectivity index (χ1v) is 10.1. The number of thioether (sulfide) groups is 1. The van der Waals surface area contributed by atoms with Gasteiger partial charge in [-0.3, -0.25) is 24.1 Å². The number of carbonyl (C=O) groups excluding carboxylic acids is 4. The van der Waals surface area contributed by atoms with E-state index in [1.54, 1.807) is 36.4 Å². The summed E-state index contributed by atoms with van der Waals surface area (Å²) in [6.45, 7) is 0.861. The Morgan fingerprint density at radius 2 is 1.87 bits per heavy atom. The Morgan fingerprint density at radius 1 is 1.16 bits per heavy atom. The average Bonchev–Trinajstić information content (AvgIpc) is 2.96. The molecule has 8 nitrogen and oxygen atoms in total. The van der Waals surface area contributed by atoms with Gasteiger partial charge in [0.05, 0.1) is 17.0 Å². The van der Waals surface area contributed by atoms with Crippen LogP contribution in [0.3, 0.4) is 0 Å². The summed E-state index contributed by atoms with van der Waals surface area (Å²) in [6, 6.07) is 11.1. The Hall–Kier alpha value is -3.30. The van der Waals surface area contributed by atoms with E-state index in [-0.39, 0.29) is 4.91 Å². The Bertz CT molecular complexity index is 1080. The molecule has 10 heteroatoms. The van der Waals surface area contributed by atoms with E-state index in [2.05, 4.69) is 5.32 Å². The maximum Gasteiger partial charge on any atom is 0.308 e. The number of carbonyl (C=O) groups is 4. The molecule has 160 valence electrons. The topological polar surface area (TPSA) is 102 Å². The number of imide groups is 1. The van der Waals surface area contributed by atoms with Crippen LogP contribution in [0.15, 0.2) is 47.4 Å². The van der Waals surface area contributed by atoms with Gasteiger partial charge in [-0.1, -0.05) is 23.7 Å². The first-order chi connectivity index (χ1) is 14.8. The third kappa shape index (κ3) is 5.65. The molecule has 0 atom stereocenters. The van der Waals surface area contributed by atoms with Crippen molar-refractivity contribution >= 4 is 58.1 Å². The monoisotopic (exact) mass is 460 g/mol. The van der Waals surface area contributed by atoms with E-state index in [1.165, 1.54) is 26.2 Å². The van der Waals surface area contributed by atoms with Gasteiger partial charge in [-0.2, -0.15) is 0 Å². The molecule has 0 aliphatic carbocycles. The van der Waals surface area contributed by atoms with Gasteiger partial charge < -0.3 is 14.8 Å². The Kier molecular flexibility index (Phi) is 6.98. The number of hydrogen-bond donors (Lipinski definition) is 1. The van der Waals surface area contributed by atoms with Crippen LogP contribution in [0.4, 0.5) is 10.5 Å². The molecule has 2 aromatic carbocycles. The molecule has 1 N–H and O–H groups in total. The summed E-state index contributed by atoms with van der Waals surface area (Å²) in [5.41, 5.74) is 1.05. The Labute approximate surface area is 187 Å². The van der Waals surface area contributed by atoms with Crippen LogP contribution in [0.2, 0.25) is 5.02 Å². The first kappa shape index (κ1) is 22.4. The van der Waals surface area contributed by atoms with Crippen LogP contribution in [0.5, 0.6) is 11.5 Å². The SMILES string of the molecule is COc1ccc(NC(=O)CN2C(=O)SC(=Cc3ccc(OC(C)=O)cc3)C2=O)cc1Cl. The van der Waals surface area contributed by atoms with Crippen molar-refractivity contribution in [1.29, 1.82) is 0 Å². The highest BCUT2D eigenvalue weighted by Gasteiger charge is 2.36. The van der Waals surface area contributed by atoms with Crippen molar-refractivity contribution in [2.45, 2.75) is 6.92 Å². The summed E-state index contributed by atoms with van der Waals surface area (Å²) in [7, 11) is 1.47. The lowest BCUT2D eigenvalue weighted by molar-refractivity contribution is -0.131. The van der Waals surface area contributed by atoms with Gasteiger partial charge in [0.1, 0.15) is 18.0 Å². The highest BCUT2D eigenvalue weighted by atomic mass is 35.5. The van der Waals surface area contributed by atoms with Crippen LogP contribution in [0, 0.1) is 0 Å². The highest BCUT2D eigenvalue weighted by Crippen LogP contribution is 2.32. The van der Waals surface area contributed by atoms with E-state index in [9.17, 15) is 19.2 Å². The number of nitrogens with zero attached hydrogens (tertiary/aromatic N) is 1. The quantitative estimate of drug-likeness (QED) is 0.395. The second-order valence-electron chi connectivity index (χ2n) is 6.33. The molecule has 2 aromatic rings. The van der Waals surface area contributed by atoms with Gasteiger partial charge in [0.2, 0.25) is 5.91 Å². The second-order valence-corrected chi connectivity index (χ2v) is 7.73. The molecule has 1 aliphatic heterocycles. The Morgan fingerprint density at radius 3 is 2.48 bits per heavy atom. The van der Waals surface area contributed by atoms with Gasteiger partial charge in [0, 0.05) is 12.6 Å². The maximum atomic E-state index is 12.6. The van der Waals surface area contributed by atoms with E-state index in [0.29, 0.717) is 27.8 Å². The molecular weight excluding hydrogens is 444 g/mol. The number of benzene rings is 2. The molecule has 3 amide bonds. The summed E-state index contributed by atoms with van der Waals surface area (Å²) in [5.74, 6) is -0.730. The normalized spacial score (nSPS) is 14.7. The van der Waals surface area contributed by atoms with Gasteiger partial charge in [0.25, 0.3) is 11.1 Å². The van der Waals surface area contributed by atoms with Crippen molar-refractivity contribution in [3.8, 4) is 11.5 Å². The number of methoxy groups -OCH3 is 1. The van der Waals surface area contributed by atoms with E-state index in [4.69, 9.17) is 21.1 Å². The molecule has 1 fully saturated rings. The third-order valence-corrected chi connectivity index (χ3v) is 5.25. The zero-order valence-electron chi connectivity index (χ0n) is 16.5. The summed E-state index contributed by atoms with van der Waals surface area (Å²) in [4.78, 5) is 49.2. The number of esters is 1. The standard InChI is InChI=1S/C21H17ClN2O6S/c1-12(25)30-15-6-3-13(4-7-15)9-18-20(27)24(21(28)31-18)11-19(26)23-14-5-8-17(29-2)16(22)10-14/h3-10H,11H2,1-2H3,(H,23,26). The lowest BCUT2D eigenvalue weighted by Crippen LogP contribution is -2.36. The number of anilines is 1. The minimum absolute atomic E-state index is 0.186. The third-order valence-electron chi connectivity index (χ3n) is 4.05. The molecule has 1 heterocycles. The fourth-order valence-electron chi connectivity index (χ4n) is 2.67. The summed E-state index contributed by atoms with van der Waals surface area (Å²) < 4.78 is 10.0. The molecule has 3 rings (SSSR count). The number of nitrogens with one attached hydrogen (secondary N) is 1. The largest absolute Gasteiger partial charge is 0.495 e. The first-order valence-electron chi connectivity index (χ1n) is 8.94. The molecular formula is C21H17ClN2O6S. The van der Waals surface area contributed by atoms with E-state index in [0.717, 1.165) is 16.7 Å². The van der Waals surface area contributed by atoms with Gasteiger partial charge in [-0.25, -0.2) is 0 Å². The minimum atomic E-state index is -0.568. The number of halogens is 1. The lowest BCUT2D eigenvalue weighted by atomic mass is 10.2. The van der Waals surface area contributed by atoms with Gasteiger partial charge in [-0.05, 0) is 53.7 Å². The minimum Gasteiger partial charge on any atom is -0.495 e. The van der Waals surface area contributed by atoms with Crippen LogP contribution in [0.25, 0.3) is 6.08 Å². The van der Waals surface area contributed by atoms with Gasteiger partial charge in [-0.15, -0.1) is 0 Å². The zero-order valence-corrected chi connectivity index (χ0v) is 18.1. The summed E-state index contributed by atoms with van der Waals surface area (Å²) in [6.07, 6.45) is 1.53. The van der Waals surface area contributed by atoms with Crippen LogP contribution in [-0.2, 0) is 14.4 Å². The number of rotatable bonds is 6. The van der Waals surface area contributed by atoms with Gasteiger partial charge >= 0.3 is 5.97 Å². The zero-order chi connectivity index (χ0) is 22.5. The molecule has 31 heavy (non-hydrogen) atoms. The number of ether oxygens (including phenoxy) is 2. The molecule has 1 aliphatic rings. The number of amides is 3. The summed E-state index contributed by atoms with van der Waals surface area (Å²) in [5, 5.41) is 2.36. The lowest BCUT2D eigenvalue weighted by Gasteiger charge is -2.13. The van der Waals surface area contributed by atoms with Crippen LogP contribution in [-0.4, -0.2) is 41.6 Å². The van der Waals surface area contributed by atoms with Crippen molar-refractivity contribution in [3.63, 3.8) is 0 Å². The smallest absolute Gasteiger partial charge is 0.308 e. The van der Waals surface area contributed by atoms with Crippen molar-refractivity contribution in [1.82, 2.24) is 4.90 Å². The molecule has 0 unspecified atom stereocenters. The molecule has 0 aromatic heterocycles. The van der Waals surface area contributed by atoms with Crippen LogP contribution >= 0.6 is 23.4 Å². The van der Waals surface area contributed by atoms with Crippen molar-refractivity contribution in [2.75, 3.05) is 19.0 Å². The van der Waals surface area contributed by atoms with E-state index < -0.39 is 29.6 Å². The van der Waals surface area contributed by atoms with Crippen LogP contribution < -0.4 is 14.8 Å².